The molecule has 1 aromatic carbocycles. The number of benzene rings is 1. The van der Waals surface area contributed by atoms with E-state index in [9.17, 15) is 0 Å². The molecule has 1 aliphatic rings. The van der Waals surface area contributed by atoms with Gasteiger partial charge in [-0.05, 0) is 18.6 Å². The fourth-order valence-electron chi connectivity index (χ4n) is 0.955. The van der Waals surface area contributed by atoms with Crippen molar-refractivity contribution >= 4 is 32.7 Å². The van der Waals surface area contributed by atoms with Crippen LogP contribution in [0.2, 0.25) is 0 Å². The van der Waals surface area contributed by atoms with Gasteiger partial charge in [0.25, 0.3) is 0 Å². The minimum Gasteiger partial charge on any atom is -0.317 e. The summed E-state index contributed by atoms with van der Waals surface area (Å²) in [5.41, 5.74) is 3.70. The summed E-state index contributed by atoms with van der Waals surface area (Å²) in [7, 11) is 0. The van der Waals surface area contributed by atoms with E-state index in [1.54, 1.807) is 0 Å². The molecule has 1 aromatic rings. The van der Waals surface area contributed by atoms with Crippen LogP contribution in [0.4, 0.5) is 11.4 Å². The minimum absolute atomic E-state index is 0.129. The van der Waals surface area contributed by atoms with Gasteiger partial charge in [0, 0.05) is 0 Å². The fraction of sp³-hybridized carbons (Fsp3) is 0.143. The van der Waals surface area contributed by atoms with Crippen LogP contribution in [-0.4, -0.2) is 0 Å². The topological polar surface area (TPSA) is 24.4 Å². The van der Waals surface area contributed by atoms with Gasteiger partial charge in [0.05, 0.1) is 11.4 Å². The van der Waals surface area contributed by atoms with Crippen molar-refractivity contribution in [3.05, 3.63) is 23.8 Å². The van der Waals surface area contributed by atoms with Crippen LogP contribution in [-0.2, 0) is 0 Å². The zero-order valence-electron chi connectivity index (χ0n) is 5.56. The van der Waals surface area contributed by atoms with E-state index < -0.39 is 0 Å². The van der Waals surface area contributed by atoms with E-state index in [4.69, 9.17) is 0 Å². The summed E-state index contributed by atoms with van der Waals surface area (Å²) >= 11 is -0.129. The molecule has 0 fully saturated rings. The molecule has 0 saturated carbocycles. The summed E-state index contributed by atoms with van der Waals surface area (Å²) in [6.07, 6.45) is 0. The maximum Gasteiger partial charge on any atom is 0.118 e. The van der Waals surface area contributed by atoms with Crippen molar-refractivity contribution in [1.82, 2.24) is 0 Å². The van der Waals surface area contributed by atoms with Crippen molar-refractivity contribution in [3.63, 3.8) is 0 Å². The highest BCUT2D eigenvalue weighted by molar-refractivity contribution is 14.2. The standard InChI is InChI=1S/C7H7IN2/c1-5-3-2-4-6-7(5)10-8-9-6/h2-4H,1H3,(H,9,10). The molecule has 1 N–H and O–H groups in total. The average molecular weight is 246 g/mol. The summed E-state index contributed by atoms with van der Waals surface area (Å²) in [6, 6.07) is 6.22. The van der Waals surface area contributed by atoms with Gasteiger partial charge in [-0.3, -0.25) is 0 Å². The predicted molar refractivity (Wildman–Crippen MR) is 50.9 cm³/mol. The number of aryl methyl sites for hydroxylation is 1. The first kappa shape index (κ1) is 6.27. The van der Waals surface area contributed by atoms with Crippen molar-refractivity contribution in [1.29, 1.82) is 0 Å². The second-order valence-electron chi connectivity index (χ2n) is 2.23. The molecule has 52 valence electrons. The first-order valence-corrected chi connectivity index (χ1v) is 5.12. The van der Waals surface area contributed by atoms with E-state index >= 15 is 0 Å². The number of anilines is 1. The lowest BCUT2D eigenvalue weighted by Crippen LogP contribution is -1.80. The van der Waals surface area contributed by atoms with E-state index in [0.717, 1.165) is 5.69 Å². The van der Waals surface area contributed by atoms with Crippen molar-refractivity contribution in [2.75, 3.05) is 3.53 Å². The third kappa shape index (κ3) is 0.847. The van der Waals surface area contributed by atoms with Gasteiger partial charge >= 0.3 is 0 Å². The zero-order chi connectivity index (χ0) is 6.97. The van der Waals surface area contributed by atoms with Gasteiger partial charge in [0.15, 0.2) is 0 Å². The molecule has 0 radical (unpaired) electrons. The number of hydrogen-bond acceptors (Lipinski definition) is 2. The lowest BCUT2D eigenvalue weighted by molar-refractivity contribution is 1.46. The molecule has 10 heavy (non-hydrogen) atoms. The lowest BCUT2D eigenvalue weighted by Gasteiger charge is -1.99. The number of nitrogens with zero attached hydrogens (tertiary/aromatic N) is 1. The number of rotatable bonds is 0. The molecule has 0 spiro atoms. The molecule has 1 heterocycles. The molecule has 0 atom stereocenters. The van der Waals surface area contributed by atoms with Crippen LogP contribution < -0.4 is 3.53 Å². The van der Waals surface area contributed by atoms with Gasteiger partial charge in [-0.15, -0.1) is 0 Å². The van der Waals surface area contributed by atoms with Crippen LogP contribution in [0.3, 0.4) is 0 Å². The Kier molecular flexibility index (Phi) is 1.44. The van der Waals surface area contributed by atoms with Crippen molar-refractivity contribution in [2.24, 2.45) is 3.15 Å². The molecule has 0 saturated heterocycles. The molecule has 0 aliphatic carbocycles. The molecular weight excluding hydrogens is 239 g/mol. The van der Waals surface area contributed by atoms with E-state index in [-0.39, 0.29) is 21.3 Å². The van der Waals surface area contributed by atoms with Crippen LogP contribution in [0.15, 0.2) is 21.3 Å². The number of nitrogens with one attached hydrogen (secondary N) is 1. The zero-order valence-corrected chi connectivity index (χ0v) is 7.71. The second-order valence-corrected chi connectivity index (χ2v) is 3.74. The van der Waals surface area contributed by atoms with Crippen LogP contribution in [0.25, 0.3) is 0 Å². The normalized spacial score (nSPS) is 13.7. The summed E-state index contributed by atoms with van der Waals surface area (Å²) in [6.45, 7) is 2.11. The highest BCUT2D eigenvalue weighted by atomic mass is 127. The van der Waals surface area contributed by atoms with Crippen molar-refractivity contribution < 1.29 is 0 Å². The van der Waals surface area contributed by atoms with Gasteiger partial charge in [0.1, 0.15) is 21.3 Å². The summed E-state index contributed by atoms with van der Waals surface area (Å²) in [4.78, 5) is 0. The molecule has 3 heteroatoms. The molecule has 2 rings (SSSR count). The van der Waals surface area contributed by atoms with Gasteiger partial charge in [-0.1, -0.05) is 12.1 Å². The molecular formula is C7H7IN2. The third-order valence-electron chi connectivity index (χ3n) is 1.52. The van der Waals surface area contributed by atoms with E-state index in [1.807, 2.05) is 0 Å². The minimum atomic E-state index is -0.129. The SMILES string of the molecule is Cc1cccc2c1NI=N2. The summed E-state index contributed by atoms with van der Waals surface area (Å²) < 4.78 is 7.67. The van der Waals surface area contributed by atoms with E-state index in [0.29, 0.717) is 0 Å². The van der Waals surface area contributed by atoms with Crippen molar-refractivity contribution in [3.8, 4) is 0 Å². The number of fused-ring (bicyclic) bond motifs is 1. The summed E-state index contributed by atoms with van der Waals surface area (Å²) in [5.74, 6) is 0. The fourth-order valence-corrected chi connectivity index (χ4v) is 2.68. The molecule has 0 amide bonds. The molecule has 0 unspecified atom stereocenters. The first-order chi connectivity index (χ1) is 4.88. The average Bonchev–Trinajstić information content (AvgIpc) is 2.36. The molecule has 1 aliphatic heterocycles. The Morgan fingerprint density at radius 2 is 2.40 bits per heavy atom. The second kappa shape index (κ2) is 2.30. The Morgan fingerprint density at radius 3 is 3.20 bits per heavy atom. The Hall–Kier alpha value is -0.450. The molecule has 0 bridgehead atoms. The van der Waals surface area contributed by atoms with Gasteiger partial charge in [0.2, 0.25) is 0 Å². The smallest absolute Gasteiger partial charge is 0.118 e. The van der Waals surface area contributed by atoms with Crippen LogP contribution >= 0.6 is 21.3 Å². The maximum absolute atomic E-state index is 4.36. The maximum atomic E-state index is 4.36. The van der Waals surface area contributed by atoms with Gasteiger partial charge in [-0.2, -0.15) is 0 Å². The Balaban J connectivity index is 2.66. The largest absolute Gasteiger partial charge is 0.317 e. The first-order valence-electron chi connectivity index (χ1n) is 3.08. The highest BCUT2D eigenvalue weighted by Crippen LogP contribution is 2.38. The third-order valence-corrected chi connectivity index (χ3v) is 3.06. The summed E-state index contributed by atoms with van der Waals surface area (Å²) in [5, 5.41) is 0. The van der Waals surface area contributed by atoms with Crippen LogP contribution in [0.1, 0.15) is 5.56 Å². The quantitative estimate of drug-likeness (QED) is 0.552. The highest BCUT2D eigenvalue weighted by Gasteiger charge is 2.06. The van der Waals surface area contributed by atoms with Gasteiger partial charge < -0.3 is 3.53 Å². The Bertz CT molecular complexity index is 294. The van der Waals surface area contributed by atoms with Crippen LogP contribution in [0, 0.1) is 6.92 Å². The molecule has 2 nitrogen and oxygen atoms in total. The number of hydrogen-bond donors (Lipinski definition) is 1. The Morgan fingerprint density at radius 1 is 1.50 bits per heavy atom. The van der Waals surface area contributed by atoms with E-state index in [2.05, 4.69) is 31.8 Å². The lowest BCUT2D eigenvalue weighted by atomic mass is 10.2. The van der Waals surface area contributed by atoms with E-state index in [1.165, 1.54) is 11.3 Å². The van der Waals surface area contributed by atoms with Crippen molar-refractivity contribution in [2.45, 2.75) is 6.92 Å². The Labute approximate surface area is 70.2 Å². The number of halogens is 1. The molecule has 0 aromatic heterocycles. The predicted octanol–water partition coefficient (Wildman–Crippen LogP) is 3.12. The monoisotopic (exact) mass is 246 g/mol. The van der Waals surface area contributed by atoms with Gasteiger partial charge in [-0.25, -0.2) is 3.15 Å². The van der Waals surface area contributed by atoms with Crippen LogP contribution in [0.5, 0.6) is 0 Å². The number of para-hydroxylation sites is 1.